The van der Waals surface area contributed by atoms with Gasteiger partial charge in [-0.1, -0.05) is 23.7 Å². The molecule has 4 rings (SSSR count). The molecule has 8 nitrogen and oxygen atoms in total. The summed E-state index contributed by atoms with van der Waals surface area (Å²) in [6.45, 7) is 4.12. The van der Waals surface area contributed by atoms with Gasteiger partial charge in [0, 0.05) is 50.9 Å². The van der Waals surface area contributed by atoms with Crippen molar-refractivity contribution in [2.24, 2.45) is 0 Å². The highest BCUT2D eigenvalue weighted by Crippen LogP contribution is 2.29. The van der Waals surface area contributed by atoms with Crippen LogP contribution in [0.5, 0.6) is 0 Å². The first-order valence-electron chi connectivity index (χ1n) is 11.5. The lowest BCUT2D eigenvalue weighted by Gasteiger charge is -2.45. The van der Waals surface area contributed by atoms with Crippen molar-refractivity contribution in [3.63, 3.8) is 0 Å². The van der Waals surface area contributed by atoms with Gasteiger partial charge in [0.2, 0.25) is 10.9 Å². The SMILES string of the molecule is COC(=O)c1ccc(CN(CC(c2ccc(F)c(Cl)c2)N2CCN(C3COC3)CC2)[SH](=O)=O)c(F)c1. The zero-order valence-corrected chi connectivity index (χ0v) is 21.4. The highest BCUT2D eigenvalue weighted by Gasteiger charge is 2.33. The largest absolute Gasteiger partial charge is 0.465 e. The molecule has 2 fully saturated rings. The molecule has 12 heteroatoms. The Morgan fingerprint density at radius 3 is 2.42 bits per heavy atom. The molecule has 2 saturated heterocycles. The number of hydrogen-bond donors (Lipinski definition) is 1. The van der Waals surface area contributed by atoms with E-state index in [9.17, 15) is 22.0 Å². The summed E-state index contributed by atoms with van der Waals surface area (Å²) in [5.41, 5.74) is 0.822. The van der Waals surface area contributed by atoms with Gasteiger partial charge in [0.25, 0.3) is 0 Å². The van der Waals surface area contributed by atoms with Crippen LogP contribution < -0.4 is 0 Å². The number of rotatable bonds is 9. The molecule has 36 heavy (non-hydrogen) atoms. The fraction of sp³-hybridized carbons (Fsp3) is 0.458. The summed E-state index contributed by atoms with van der Waals surface area (Å²) in [6.07, 6.45) is 0. The van der Waals surface area contributed by atoms with Crippen LogP contribution in [0, 0.1) is 11.6 Å². The van der Waals surface area contributed by atoms with Gasteiger partial charge in [-0.25, -0.2) is 22.0 Å². The topological polar surface area (TPSA) is 79.4 Å². The van der Waals surface area contributed by atoms with E-state index in [-0.39, 0.29) is 29.2 Å². The minimum Gasteiger partial charge on any atom is -0.465 e. The molecule has 196 valence electrons. The third kappa shape index (κ3) is 6.21. The summed E-state index contributed by atoms with van der Waals surface area (Å²) in [5, 5.41) is -0.0507. The summed E-state index contributed by atoms with van der Waals surface area (Å²) in [5.74, 6) is -1.96. The van der Waals surface area contributed by atoms with Gasteiger partial charge in [-0.2, -0.15) is 4.31 Å². The van der Waals surface area contributed by atoms with E-state index < -0.39 is 34.5 Å². The highest BCUT2D eigenvalue weighted by molar-refractivity contribution is 7.69. The quantitative estimate of drug-likeness (QED) is 0.384. The first-order chi connectivity index (χ1) is 17.3. The van der Waals surface area contributed by atoms with Crippen molar-refractivity contribution in [2.75, 3.05) is 53.0 Å². The molecule has 2 aliphatic heterocycles. The van der Waals surface area contributed by atoms with Crippen LogP contribution in [-0.4, -0.2) is 87.6 Å². The molecule has 0 amide bonds. The molecule has 0 aromatic heterocycles. The number of nitrogens with zero attached hydrogens (tertiary/aromatic N) is 3. The zero-order valence-electron chi connectivity index (χ0n) is 19.7. The molecule has 0 aliphatic carbocycles. The van der Waals surface area contributed by atoms with Gasteiger partial charge in [-0.15, -0.1) is 0 Å². The van der Waals surface area contributed by atoms with Crippen molar-refractivity contribution in [3.05, 3.63) is 69.7 Å². The summed E-state index contributed by atoms with van der Waals surface area (Å²) in [6, 6.07) is 8.13. The number of carbonyl (C=O) groups is 1. The Bertz CT molecular complexity index is 1160. The number of hydrogen-bond acceptors (Lipinski definition) is 7. The maximum atomic E-state index is 14.7. The molecule has 2 heterocycles. The molecule has 1 unspecified atom stereocenters. The predicted octanol–water partition coefficient (Wildman–Crippen LogP) is 2.49. The number of halogens is 3. The molecule has 0 spiro atoms. The molecule has 2 aromatic rings. The summed E-state index contributed by atoms with van der Waals surface area (Å²) in [4.78, 5) is 16.2. The first-order valence-corrected chi connectivity index (χ1v) is 13.0. The second-order valence-electron chi connectivity index (χ2n) is 8.84. The van der Waals surface area contributed by atoms with Crippen molar-refractivity contribution in [3.8, 4) is 0 Å². The van der Waals surface area contributed by atoms with Crippen molar-refractivity contribution in [1.29, 1.82) is 0 Å². The molecule has 0 radical (unpaired) electrons. The average molecular weight is 544 g/mol. The van der Waals surface area contributed by atoms with Crippen LogP contribution in [0.4, 0.5) is 8.78 Å². The van der Waals surface area contributed by atoms with Crippen molar-refractivity contribution in [2.45, 2.75) is 18.6 Å². The van der Waals surface area contributed by atoms with Gasteiger partial charge >= 0.3 is 5.97 Å². The summed E-state index contributed by atoms with van der Waals surface area (Å²) < 4.78 is 64.1. The average Bonchev–Trinajstić information content (AvgIpc) is 2.83. The van der Waals surface area contributed by atoms with Crippen LogP contribution in [0.1, 0.15) is 27.5 Å². The lowest BCUT2D eigenvalue weighted by atomic mass is 10.0. The Morgan fingerprint density at radius 2 is 1.86 bits per heavy atom. The monoisotopic (exact) mass is 543 g/mol. The zero-order chi connectivity index (χ0) is 25.8. The van der Waals surface area contributed by atoms with Gasteiger partial charge < -0.3 is 9.47 Å². The van der Waals surface area contributed by atoms with E-state index >= 15 is 0 Å². The molecule has 0 bridgehead atoms. The number of methoxy groups -OCH3 is 1. The van der Waals surface area contributed by atoms with Crippen LogP contribution in [-0.2, 0) is 26.9 Å². The van der Waals surface area contributed by atoms with E-state index in [0.717, 1.165) is 23.5 Å². The Labute approximate surface area is 215 Å². The second kappa shape index (κ2) is 11.9. The lowest BCUT2D eigenvalue weighted by molar-refractivity contribution is -0.0802. The maximum Gasteiger partial charge on any atom is 0.337 e. The Morgan fingerprint density at radius 1 is 1.14 bits per heavy atom. The van der Waals surface area contributed by atoms with Gasteiger partial charge in [-0.3, -0.25) is 9.80 Å². The Kier molecular flexibility index (Phi) is 8.91. The fourth-order valence-corrected chi connectivity index (χ4v) is 5.25. The van der Waals surface area contributed by atoms with Gasteiger partial charge in [0.05, 0.1) is 37.0 Å². The van der Waals surface area contributed by atoms with E-state index in [4.69, 9.17) is 16.3 Å². The first kappa shape index (κ1) is 26.9. The van der Waals surface area contributed by atoms with Crippen LogP contribution in [0.15, 0.2) is 36.4 Å². The summed E-state index contributed by atoms with van der Waals surface area (Å²) >= 11 is 6.05. The number of carbonyl (C=O) groups excluding carboxylic acids is 1. The van der Waals surface area contributed by atoms with E-state index in [1.54, 1.807) is 6.07 Å². The molecule has 0 saturated carbocycles. The maximum absolute atomic E-state index is 14.7. The minimum atomic E-state index is -3.08. The van der Waals surface area contributed by atoms with Crippen LogP contribution in [0.3, 0.4) is 0 Å². The lowest BCUT2D eigenvalue weighted by Crippen LogP contribution is -2.57. The molecule has 1 atom stereocenters. The number of ether oxygens (including phenoxy) is 2. The van der Waals surface area contributed by atoms with Gasteiger partial charge in [0.15, 0.2) is 0 Å². The van der Waals surface area contributed by atoms with E-state index in [1.807, 2.05) is 0 Å². The Hall–Kier alpha value is -2.15. The van der Waals surface area contributed by atoms with Crippen molar-refractivity contribution >= 4 is 28.5 Å². The smallest absolute Gasteiger partial charge is 0.337 e. The number of benzene rings is 2. The molecule has 0 N–H and O–H groups in total. The summed E-state index contributed by atoms with van der Waals surface area (Å²) in [7, 11) is -1.89. The van der Waals surface area contributed by atoms with E-state index in [2.05, 4.69) is 14.5 Å². The molecular formula is C24H28ClF2N3O5S. The van der Waals surface area contributed by atoms with Crippen molar-refractivity contribution in [1.82, 2.24) is 14.1 Å². The molecule has 2 aromatic carbocycles. The predicted molar refractivity (Wildman–Crippen MR) is 130 cm³/mol. The Balaban J connectivity index is 1.56. The van der Waals surface area contributed by atoms with Crippen LogP contribution in [0.25, 0.3) is 0 Å². The highest BCUT2D eigenvalue weighted by atomic mass is 35.5. The standard InChI is InChI=1S/C24H28ClF2N3O5S/c1-34-24(31)17-2-3-18(22(27)11-17)12-30(36(32)33)13-23(16-4-5-21(26)20(25)10-16)29-8-6-28(7-9-29)19-14-35-15-19/h2-5,10-11,19,23,36H,6-9,12-15H2,1H3. The van der Waals surface area contributed by atoms with Gasteiger partial charge in [-0.05, 0) is 29.8 Å². The number of esters is 1. The van der Waals surface area contributed by atoms with Crippen LogP contribution >= 0.6 is 11.6 Å². The third-order valence-corrected chi connectivity index (χ3v) is 7.75. The third-order valence-electron chi connectivity index (χ3n) is 6.70. The molecule has 2 aliphatic rings. The second-order valence-corrected chi connectivity index (χ2v) is 10.3. The van der Waals surface area contributed by atoms with Gasteiger partial charge in [0.1, 0.15) is 11.6 Å². The molecular weight excluding hydrogens is 516 g/mol. The van der Waals surface area contributed by atoms with E-state index in [1.165, 1.54) is 31.4 Å². The fourth-order valence-electron chi connectivity index (χ4n) is 4.51. The van der Waals surface area contributed by atoms with Crippen molar-refractivity contribution < 1.29 is 31.5 Å². The number of piperazine rings is 1. The van der Waals surface area contributed by atoms with E-state index in [0.29, 0.717) is 37.9 Å². The minimum absolute atomic E-state index is 0.0192. The van der Waals surface area contributed by atoms with Crippen LogP contribution in [0.2, 0.25) is 5.02 Å². The number of thiol groups is 1. The normalized spacial score (nSPS) is 18.4.